The highest BCUT2D eigenvalue weighted by atomic mass is 35.5. The van der Waals surface area contributed by atoms with Crippen LogP contribution in [0.4, 0.5) is 5.69 Å². The Labute approximate surface area is 86.8 Å². The molecule has 2 nitrogen and oxygen atoms in total. The zero-order valence-electron chi connectivity index (χ0n) is 7.10. The Balaban J connectivity index is 2.72. The molecule has 0 aliphatic carbocycles. The van der Waals surface area contributed by atoms with E-state index < -0.39 is 0 Å². The maximum absolute atomic E-state index is 10.7. The normalized spacial score (nSPS) is 9.77. The van der Waals surface area contributed by atoms with Crippen molar-refractivity contribution in [3.63, 3.8) is 0 Å². The summed E-state index contributed by atoms with van der Waals surface area (Å²) in [7, 11) is 0. The average molecular weight is 218 g/mol. The van der Waals surface area contributed by atoms with Gasteiger partial charge in [-0.1, -0.05) is 23.2 Å². The molecule has 1 aromatic rings. The summed E-state index contributed by atoms with van der Waals surface area (Å²) < 4.78 is 0. The van der Waals surface area contributed by atoms with Crippen LogP contribution < -0.4 is 5.32 Å². The lowest BCUT2D eigenvalue weighted by Gasteiger charge is -2.05. The van der Waals surface area contributed by atoms with Crippen molar-refractivity contribution in [1.29, 1.82) is 0 Å². The molecule has 4 heteroatoms. The Bertz CT molecular complexity index is 325. The second-order valence-electron chi connectivity index (χ2n) is 2.68. The fourth-order valence-corrected chi connectivity index (χ4v) is 1.33. The van der Waals surface area contributed by atoms with Crippen molar-refractivity contribution in [2.24, 2.45) is 0 Å². The molecule has 0 spiro atoms. The van der Waals surface area contributed by atoms with E-state index in [1.807, 2.05) is 0 Å². The predicted octanol–water partition coefficient (Wildman–Crippen LogP) is 2.99. The first kappa shape index (κ1) is 10.4. The van der Waals surface area contributed by atoms with Gasteiger partial charge in [-0.3, -0.25) is 4.79 Å². The fraction of sp³-hybridized carbons (Fsp3) is 0.222. The Morgan fingerprint density at radius 3 is 2.69 bits per heavy atom. The molecule has 0 aromatic heterocycles. The highest BCUT2D eigenvalue weighted by Crippen LogP contribution is 2.24. The summed E-state index contributed by atoms with van der Waals surface area (Å²) in [5.74, 6) is 0.0611. The molecule has 0 saturated carbocycles. The maximum atomic E-state index is 10.7. The van der Waals surface area contributed by atoms with Gasteiger partial charge in [-0.2, -0.15) is 0 Å². The second kappa shape index (κ2) is 4.49. The molecule has 0 amide bonds. The van der Waals surface area contributed by atoms with E-state index in [4.69, 9.17) is 23.2 Å². The van der Waals surface area contributed by atoms with Crippen molar-refractivity contribution >= 4 is 34.7 Å². The van der Waals surface area contributed by atoms with Crippen LogP contribution in [0.3, 0.4) is 0 Å². The van der Waals surface area contributed by atoms with E-state index in [1.165, 1.54) is 6.92 Å². The molecule has 0 aliphatic heterocycles. The lowest BCUT2D eigenvalue weighted by molar-refractivity contribution is -0.115. The molecule has 0 unspecified atom stereocenters. The molecular weight excluding hydrogens is 209 g/mol. The molecule has 0 heterocycles. The minimum Gasteiger partial charge on any atom is -0.377 e. The molecule has 0 aliphatic rings. The molecule has 0 atom stereocenters. The number of ketones is 1. The number of hydrogen-bond acceptors (Lipinski definition) is 2. The zero-order chi connectivity index (χ0) is 9.84. The lowest BCUT2D eigenvalue weighted by Crippen LogP contribution is -2.09. The highest BCUT2D eigenvalue weighted by molar-refractivity contribution is 6.36. The monoisotopic (exact) mass is 217 g/mol. The van der Waals surface area contributed by atoms with Crippen molar-refractivity contribution in [3.05, 3.63) is 28.2 Å². The molecule has 1 N–H and O–H groups in total. The largest absolute Gasteiger partial charge is 0.377 e. The average Bonchev–Trinajstić information content (AvgIpc) is 2.02. The van der Waals surface area contributed by atoms with Gasteiger partial charge in [0.15, 0.2) is 0 Å². The van der Waals surface area contributed by atoms with E-state index >= 15 is 0 Å². The van der Waals surface area contributed by atoms with Crippen LogP contribution in [0.1, 0.15) is 6.92 Å². The summed E-state index contributed by atoms with van der Waals surface area (Å²) in [6, 6.07) is 5.09. The number of carbonyl (C=O) groups excluding carboxylic acids is 1. The van der Waals surface area contributed by atoms with Crippen LogP contribution in [-0.2, 0) is 4.79 Å². The van der Waals surface area contributed by atoms with Crippen LogP contribution in [-0.4, -0.2) is 12.3 Å². The molecule has 1 aromatic carbocycles. The molecule has 0 fully saturated rings. The fourth-order valence-electron chi connectivity index (χ4n) is 0.853. The van der Waals surface area contributed by atoms with Gasteiger partial charge in [0, 0.05) is 5.02 Å². The minimum absolute atomic E-state index is 0.0611. The summed E-state index contributed by atoms with van der Waals surface area (Å²) in [6.07, 6.45) is 0. The van der Waals surface area contributed by atoms with Gasteiger partial charge in [0.1, 0.15) is 5.78 Å². The molecular formula is C9H9Cl2NO. The first-order chi connectivity index (χ1) is 6.09. The van der Waals surface area contributed by atoms with E-state index in [9.17, 15) is 4.79 Å². The van der Waals surface area contributed by atoms with Crippen LogP contribution in [0.2, 0.25) is 10.0 Å². The third kappa shape index (κ3) is 3.25. The number of anilines is 1. The summed E-state index contributed by atoms with van der Waals surface area (Å²) >= 11 is 11.6. The van der Waals surface area contributed by atoms with Crippen molar-refractivity contribution in [2.75, 3.05) is 11.9 Å². The quantitative estimate of drug-likeness (QED) is 0.844. The SMILES string of the molecule is CC(=O)CNc1ccc(Cl)cc1Cl. The zero-order valence-corrected chi connectivity index (χ0v) is 8.62. The predicted molar refractivity (Wildman–Crippen MR) is 55.6 cm³/mol. The first-order valence-corrected chi connectivity index (χ1v) is 4.53. The van der Waals surface area contributed by atoms with Crippen molar-refractivity contribution in [1.82, 2.24) is 0 Å². The summed E-state index contributed by atoms with van der Waals surface area (Å²) in [5.41, 5.74) is 0.723. The number of halogens is 2. The Morgan fingerprint density at radius 1 is 1.46 bits per heavy atom. The number of hydrogen-bond donors (Lipinski definition) is 1. The summed E-state index contributed by atoms with van der Waals surface area (Å²) in [6.45, 7) is 1.79. The smallest absolute Gasteiger partial charge is 0.148 e. The van der Waals surface area contributed by atoms with Crippen LogP contribution in [0.15, 0.2) is 18.2 Å². The van der Waals surface area contributed by atoms with E-state index in [1.54, 1.807) is 18.2 Å². The minimum atomic E-state index is 0.0611. The van der Waals surface area contributed by atoms with Crippen LogP contribution in [0.25, 0.3) is 0 Å². The van der Waals surface area contributed by atoms with Crippen LogP contribution in [0.5, 0.6) is 0 Å². The van der Waals surface area contributed by atoms with E-state index in [2.05, 4.69) is 5.32 Å². The lowest BCUT2D eigenvalue weighted by atomic mass is 10.3. The van der Waals surface area contributed by atoms with Gasteiger partial charge in [0.25, 0.3) is 0 Å². The molecule has 13 heavy (non-hydrogen) atoms. The molecule has 1 rings (SSSR count). The number of Topliss-reactive ketones (excluding diaryl/α,β-unsaturated/α-hetero) is 1. The second-order valence-corrected chi connectivity index (χ2v) is 3.52. The van der Waals surface area contributed by atoms with Gasteiger partial charge in [0.05, 0.1) is 17.3 Å². The van der Waals surface area contributed by atoms with Gasteiger partial charge in [-0.15, -0.1) is 0 Å². The molecule has 0 radical (unpaired) electrons. The first-order valence-electron chi connectivity index (χ1n) is 3.78. The van der Waals surface area contributed by atoms with Crippen LogP contribution in [0, 0.1) is 0 Å². The number of benzene rings is 1. The van der Waals surface area contributed by atoms with Gasteiger partial charge in [-0.05, 0) is 25.1 Å². The van der Waals surface area contributed by atoms with Gasteiger partial charge < -0.3 is 5.32 Å². The van der Waals surface area contributed by atoms with E-state index in [0.29, 0.717) is 10.0 Å². The molecule has 70 valence electrons. The molecule has 0 saturated heterocycles. The summed E-state index contributed by atoms with van der Waals surface area (Å²) in [5, 5.41) is 4.00. The van der Waals surface area contributed by atoms with Crippen LogP contribution >= 0.6 is 23.2 Å². The third-order valence-corrected chi connectivity index (χ3v) is 2.01. The van der Waals surface area contributed by atoms with Crippen molar-refractivity contribution in [2.45, 2.75) is 6.92 Å². The Kier molecular flexibility index (Phi) is 3.58. The standard InChI is InChI=1S/C9H9Cl2NO/c1-6(13)5-12-9-3-2-7(10)4-8(9)11/h2-4,12H,5H2,1H3. The number of carbonyl (C=O) groups is 1. The highest BCUT2D eigenvalue weighted by Gasteiger charge is 2.00. The van der Waals surface area contributed by atoms with Crippen molar-refractivity contribution in [3.8, 4) is 0 Å². The Hall–Kier alpha value is -0.730. The van der Waals surface area contributed by atoms with Gasteiger partial charge in [0.2, 0.25) is 0 Å². The number of rotatable bonds is 3. The topological polar surface area (TPSA) is 29.1 Å². The molecule has 0 bridgehead atoms. The van der Waals surface area contributed by atoms with Gasteiger partial charge >= 0.3 is 0 Å². The van der Waals surface area contributed by atoms with Gasteiger partial charge in [-0.25, -0.2) is 0 Å². The van der Waals surface area contributed by atoms with E-state index in [-0.39, 0.29) is 12.3 Å². The number of nitrogens with one attached hydrogen (secondary N) is 1. The third-order valence-electron chi connectivity index (χ3n) is 1.46. The Morgan fingerprint density at radius 2 is 2.15 bits per heavy atom. The van der Waals surface area contributed by atoms with E-state index in [0.717, 1.165) is 5.69 Å². The summed E-state index contributed by atoms with van der Waals surface area (Å²) in [4.78, 5) is 10.7. The maximum Gasteiger partial charge on any atom is 0.148 e. The van der Waals surface area contributed by atoms with Crippen molar-refractivity contribution < 1.29 is 4.79 Å².